The molecule has 0 aliphatic heterocycles. The summed E-state index contributed by atoms with van der Waals surface area (Å²) in [5.74, 6) is 0.0381. The van der Waals surface area contributed by atoms with E-state index >= 15 is 0 Å². The molecule has 24 heavy (non-hydrogen) atoms. The van der Waals surface area contributed by atoms with E-state index in [-0.39, 0.29) is 18.4 Å². The zero-order chi connectivity index (χ0) is 17.5. The molecule has 2 rings (SSSR count). The molecule has 0 unspecified atom stereocenters. The molecule has 0 aliphatic carbocycles. The van der Waals surface area contributed by atoms with Gasteiger partial charge in [0.1, 0.15) is 5.75 Å². The van der Waals surface area contributed by atoms with Crippen LogP contribution in [0.2, 0.25) is 10.0 Å². The number of nitrogens with one attached hydrogen (secondary N) is 2. The Kier molecular flexibility index (Phi) is 6.46. The molecule has 0 bridgehead atoms. The number of amides is 2. The second kappa shape index (κ2) is 8.57. The molecule has 0 aromatic heterocycles. The zero-order valence-electron chi connectivity index (χ0n) is 12.9. The quantitative estimate of drug-likeness (QED) is 0.797. The average Bonchev–Trinajstić information content (AvgIpc) is 2.57. The van der Waals surface area contributed by atoms with Gasteiger partial charge in [0, 0.05) is 17.1 Å². The maximum Gasteiger partial charge on any atom is 0.262 e. The summed E-state index contributed by atoms with van der Waals surface area (Å²) in [6, 6.07) is 11.5. The monoisotopic (exact) mass is 366 g/mol. The highest BCUT2D eigenvalue weighted by Gasteiger charge is 2.09. The third kappa shape index (κ3) is 5.44. The summed E-state index contributed by atoms with van der Waals surface area (Å²) in [6.45, 7) is 1.57. The van der Waals surface area contributed by atoms with Gasteiger partial charge in [0.15, 0.2) is 6.61 Å². The average molecular weight is 367 g/mol. The summed E-state index contributed by atoms with van der Waals surface area (Å²) in [5, 5.41) is 6.31. The van der Waals surface area contributed by atoms with Gasteiger partial charge in [-0.15, -0.1) is 0 Å². The number of halogens is 2. The van der Waals surface area contributed by atoms with Crippen molar-refractivity contribution in [1.82, 2.24) is 0 Å². The van der Waals surface area contributed by atoms with Gasteiger partial charge in [-0.2, -0.15) is 0 Å². The van der Waals surface area contributed by atoms with E-state index in [4.69, 9.17) is 27.9 Å². The fourth-order valence-electron chi connectivity index (χ4n) is 1.81. The number of hydrogen-bond donors (Lipinski definition) is 2. The van der Waals surface area contributed by atoms with Gasteiger partial charge < -0.3 is 15.4 Å². The van der Waals surface area contributed by atoms with Crippen LogP contribution < -0.4 is 15.4 Å². The first-order chi connectivity index (χ1) is 11.5. The molecule has 0 radical (unpaired) electrons. The van der Waals surface area contributed by atoms with Crippen molar-refractivity contribution < 1.29 is 14.3 Å². The molecule has 126 valence electrons. The number of anilines is 2. The Hall–Kier alpha value is -2.24. The lowest BCUT2D eigenvalue weighted by molar-refractivity contribution is -0.118. The summed E-state index contributed by atoms with van der Waals surface area (Å²) < 4.78 is 5.36. The second-order valence-electron chi connectivity index (χ2n) is 4.89. The minimum atomic E-state index is -0.370. The van der Waals surface area contributed by atoms with Crippen molar-refractivity contribution in [1.29, 1.82) is 0 Å². The zero-order valence-corrected chi connectivity index (χ0v) is 14.4. The van der Waals surface area contributed by atoms with E-state index in [0.29, 0.717) is 33.6 Å². The first-order valence-corrected chi connectivity index (χ1v) is 8.01. The topological polar surface area (TPSA) is 67.4 Å². The highest BCUT2D eigenvalue weighted by molar-refractivity contribution is 6.34. The van der Waals surface area contributed by atoms with Crippen molar-refractivity contribution >= 4 is 46.4 Å². The van der Waals surface area contributed by atoms with Gasteiger partial charge >= 0.3 is 0 Å². The molecule has 0 atom stereocenters. The van der Waals surface area contributed by atoms with Crippen LogP contribution in [-0.4, -0.2) is 18.4 Å². The molecule has 7 heteroatoms. The van der Waals surface area contributed by atoms with Gasteiger partial charge in [-0.25, -0.2) is 0 Å². The van der Waals surface area contributed by atoms with Crippen molar-refractivity contribution in [2.24, 2.45) is 0 Å². The Morgan fingerprint density at radius 2 is 1.71 bits per heavy atom. The van der Waals surface area contributed by atoms with Crippen LogP contribution in [0.1, 0.15) is 13.3 Å². The molecule has 0 saturated heterocycles. The first kappa shape index (κ1) is 18.1. The van der Waals surface area contributed by atoms with Crippen LogP contribution in [0.3, 0.4) is 0 Å². The maximum atomic E-state index is 12.0. The first-order valence-electron chi connectivity index (χ1n) is 7.25. The Balaban J connectivity index is 1.96. The van der Waals surface area contributed by atoms with Gasteiger partial charge in [-0.1, -0.05) is 30.1 Å². The van der Waals surface area contributed by atoms with Crippen LogP contribution in [0.15, 0.2) is 42.5 Å². The lowest BCUT2D eigenvalue weighted by Crippen LogP contribution is -2.20. The predicted molar refractivity (Wildman–Crippen MR) is 95.9 cm³/mol. The van der Waals surface area contributed by atoms with E-state index in [1.54, 1.807) is 49.4 Å². The standard InChI is InChI=1S/C17H16Cl2N2O3/c1-2-16(22)20-12-5-8-14(19)15(9-12)21-17(23)10-24-13-6-3-11(18)4-7-13/h3-9H,2,10H2,1H3,(H,20,22)(H,21,23). The largest absolute Gasteiger partial charge is 0.484 e. The Morgan fingerprint density at radius 3 is 2.38 bits per heavy atom. The molecule has 2 aromatic carbocycles. The van der Waals surface area contributed by atoms with Crippen molar-refractivity contribution in [3.05, 3.63) is 52.5 Å². The van der Waals surface area contributed by atoms with E-state index in [1.807, 2.05) is 0 Å². The fraction of sp³-hybridized carbons (Fsp3) is 0.176. The molecule has 0 spiro atoms. The third-order valence-corrected chi connectivity index (χ3v) is 3.61. The van der Waals surface area contributed by atoms with E-state index in [0.717, 1.165) is 0 Å². The predicted octanol–water partition coefficient (Wildman–Crippen LogP) is 4.36. The van der Waals surface area contributed by atoms with Crippen molar-refractivity contribution in [2.75, 3.05) is 17.2 Å². The van der Waals surface area contributed by atoms with Gasteiger partial charge in [-0.05, 0) is 42.5 Å². The molecule has 0 aliphatic rings. The number of carbonyl (C=O) groups excluding carboxylic acids is 2. The summed E-state index contributed by atoms with van der Waals surface area (Å²) >= 11 is 11.8. The summed E-state index contributed by atoms with van der Waals surface area (Å²) in [6.07, 6.45) is 0.360. The summed E-state index contributed by atoms with van der Waals surface area (Å²) in [5.41, 5.74) is 0.954. The van der Waals surface area contributed by atoms with Crippen LogP contribution in [0.25, 0.3) is 0 Å². The molecule has 0 fully saturated rings. The molecule has 2 aromatic rings. The minimum absolute atomic E-state index is 0.124. The molecular formula is C17H16Cl2N2O3. The van der Waals surface area contributed by atoms with Crippen molar-refractivity contribution in [2.45, 2.75) is 13.3 Å². The van der Waals surface area contributed by atoms with Crippen LogP contribution in [0, 0.1) is 0 Å². The molecule has 0 saturated carbocycles. The van der Waals surface area contributed by atoms with Crippen molar-refractivity contribution in [3.63, 3.8) is 0 Å². The Morgan fingerprint density at radius 1 is 1.00 bits per heavy atom. The van der Waals surface area contributed by atoms with E-state index < -0.39 is 0 Å². The van der Waals surface area contributed by atoms with Crippen LogP contribution in [-0.2, 0) is 9.59 Å². The SMILES string of the molecule is CCC(=O)Nc1ccc(Cl)c(NC(=O)COc2ccc(Cl)cc2)c1. The maximum absolute atomic E-state index is 12.0. The van der Waals surface area contributed by atoms with E-state index in [9.17, 15) is 9.59 Å². The Bertz CT molecular complexity index is 733. The smallest absolute Gasteiger partial charge is 0.262 e. The molecule has 0 heterocycles. The van der Waals surface area contributed by atoms with Gasteiger partial charge in [-0.3, -0.25) is 9.59 Å². The van der Waals surface area contributed by atoms with Gasteiger partial charge in [0.05, 0.1) is 10.7 Å². The fourth-order valence-corrected chi connectivity index (χ4v) is 2.10. The lowest BCUT2D eigenvalue weighted by atomic mass is 10.2. The van der Waals surface area contributed by atoms with E-state index in [1.165, 1.54) is 0 Å². The van der Waals surface area contributed by atoms with Gasteiger partial charge in [0.25, 0.3) is 5.91 Å². The number of carbonyl (C=O) groups is 2. The summed E-state index contributed by atoms with van der Waals surface area (Å²) in [4.78, 5) is 23.4. The van der Waals surface area contributed by atoms with Crippen LogP contribution >= 0.6 is 23.2 Å². The number of hydrogen-bond acceptors (Lipinski definition) is 3. The molecule has 2 amide bonds. The highest BCUT2D eigenvalue weighted by atomic mass is 35.5. The molecule has 2 N–H and O–H groups in total. The lowest BCUT2D eigenvalue weighted by Gasteiger charge is -2.11. The molecular weight excluding hydrogens is 351 g/mol. The number of ether oxygens (including phenoxy) is 1. The minimum Gasteiger partial charge on any atom is -0.484 e. The Labute approximate surface area is 149 Å². The van der Waals surface area contributed by atoms with Crippen LogP contribution in [0.4, 0.5) is 11.4 Å². The van der Waals surface area contributed by atoms with Crippen molar-refractivity contribution in [3.8, 4) is 5.75 Å². The van der Waals surface area contributed by atoms with E-state index in [2.05, 4.69) is 10.6 Å². The van der Waals surface area contributed by atoms with Crippen LogP contribution in [0.5, 0.6) is 5.75 Å². The highest BCUT2D eigenvalue weighted by Crippen LogP contribution is 2.25. The molecule has 5 nitrogen and oxygen atoms in total. The third-order valence-electron chi connectivity index (χ3n) is 3.03. The number of rotatable bonds is 6. The van der Waals surface area contributed by atoms with Gasteiger partial charge in [0.2, 0.25) is 5.91 Å². The number of benzene rings is 2. The normalized spacial score (nSPS) is 10.1. The summed E-state index contributed by atoms with van der Waals surface area (Å²) in [7, 11) is 0. The second-order valence-corrected chi connectivity index (χ2v) is 5.73.